The minimum atomic E-state index is -0.614. The number of hydrogen-bond donors (Lipinski definition) is 0. The van der Waals surface area contributed by atoms with Crippen LogP contribution in [0.5, 0.6) is 0 Å². The van der Waals surface area contributed by atoms with Crippen LogP contribution in [0.3, 0.4) is 0 Å². The average Bonchev–Trinajstić information content (AvgIpc) is 2.44. The number of ether oxygens (including phenoxy) is 3. The van der Waals surface area contributed by atoms with E-state index in [1.807, 2.05) is 13.8 Å². The second-order valence-electron chi connectivity index (χ2n) is 3.44. The van der Waals surface area contributed by atoms with E-state index in [0.717, 1.165) is 30.6 Å². The summed E-state index contributed by atoms with van der Waals surface area (Å²) in [6.07, 6.45) is -0.0564. The summed E-state index contributed by atoms with van der Waals surface area (Å²) in [5.41, 5.74) is -0.0786. The Hall–Kier alpha value is 0.822. The van der Waals surface area contributed by atoms with Crippen LogP contribution in [0.4, 0.5) is 0 Å². The van der Waals surface area contributed by atoms with Crippen molar-refractivity contribution in [2.75, 3.05) is 7.11 Å². The Bertz CT molecular complexity index is 212. The fourth-order valence-corrected chi connectivity index (χ4v) is 4.46. The van der Waals surface area contributed by atoms with Gasteiger partial charge < -0.3 is 0 Å². The molecule has 78 valence electrons. The molecule has 0 N–H and O–H groups in total. The van der Waals surface area contributed by atoms with Gasteiger partial charge in [0.05, 0.1) is 0 Å². The monoisotopic (exact) mass is 410 g/mol. The third-order valence-corrected chi connectivity index (χ3v) is 5.71. The van der Waals surface area contributed by atoms with Crippen LogP contribution in [0.25, 0.3) is 0 Å². The van der Waals surface area contributed by atoms with Crippen LogP contribution in [0.15, 0.2) is 0 Å². The van der Waals surface area contributed by atoms with E-state index >= 15 is 0 Å². The van der Waals surface area contributed by atoms with E-state index in [1.54, 1.807) is 8.31 Å². The zero-order chi connectivity index (χ0) is 10.8. The molecule has 0 spiro atoms. The zero-order valence-electron chi connectivity index (χ0n) is 8.43. The second-order valence-corrected chi connectivity index (χ2v) is 7.35. The van der Waals surface area contributed by atoms with Crippen molar-refractivity contribution in [2.24, 2.45) is 0 Å². The van der Waals surface area contributed by atoms with E-state index in [4.69, 9.17) is 14.2 Å². The molecule has 3 atom stereocenters. The molecule has 0 aliphatic carbocycles. The predicted octanol–water partition coefficient (Wildman–Crippen LogP) is 0.495. The molecule has 1 rings (SSSR count). The Labute approximate surface area is 102 Å². The van der Waals surface area contributed by atoms with E-state index in [1.165, 1.54) is 7.11 Å². The second kappa shape index (κ2) is 5.24. The molecular weight excluding hydrogens is 397 g/mol. The first kappa shape index (κ1) is 12.9. The van der Waals surface area contributed by atoms with Gasteiger partial charge >= 0.3 is 102 Å². The Morgan fingerprint density at radius 1 is 1.57 bits per heavy atom. The molecule has 1 aliphatic heterocycles. The first-order chi connectivity index (χ1) is 6.54. The fourth-order valence-electron chi connectivity index (χ4n) is 1.35. The maximum atomic E-state index is 10.7. The average molecular weight is 410 g/mol. The third kappa shape index (κ3) is 2.91. The molecule has 0 aromatic carbocycles. The van der Waals surface area contributed by atoms with Crippen molar-refractivity contribution in [3.8, 4) is 0 Å². The topological polar surface area (TPSA) is 44.8 Å². The Morgan fingerprint density at radius 3 is 2.64 bits per heavy atom. The van der Waals surface area contributed by atoms with Crippen molar-refractivity contribution in [3.05, 3.63) is 0 Å². The SMILES string of the molecule is COC(C=O)C1OC(C)(C)OC1[S][Tl]. The first-order valence-corrected chi connectivity index (χ1v) is 10.7. The van der Waals surface area contributed by atoms with E-state index in [2.05, 4.69) is 0 Å². The standard InChI is InChI=1S/C8H14O4S.Tl/c1-8(2)11-6(7(13)12-8)5(4-9)10-3;/h4-7,13H,1-3H3;/q;+1/p-1. The molecule has 1 aliphatic rings. The van der Waals surface area contributed by atoms with Gasteiger partial charge in [-0.15, -0.1) is 0 Å². The van der Waals surface area contributed by atoms with Crippen molar-refractivity contribution in [1.29, 1.82) is 0 Å². The summed E-state index contributed by atoms with van der Waals surface area (Å²) in [5.74, 6) is -0.614. The molecule has 0 amide bonds. The van der Waals surface area contributed by atoms with Crippen LogP contribution in [-0.2, 0) is 19.0 Å². The van der Waals surface area contributed by atoms with Gasteiger partial charge in [-0.05, 0) is 0 Å². The zero-order valence-corrected chi connectivity index (χ0v) is 13.7. The quantitative estimate of drug-likeness (QED) is 0.500. The predicted molar refractivity (Wildman–Crippen MR) is 54.0 cm³/mol. The normalized spacial score (nSPS) is 32.7. The molecule has 14 heavy (non-hydrogen) atoms. The summed E-state index contributed by atoms with van der Waals surface area (Å²) in [7, 11) is 3.19. The number of carbonyl (C=O) groups is 1. The Morgan fingerprint density at radius 2 is 2.21 bits per heavy atom. The molecule has 0 saturated carbocycles. The molecule has 0 aromatic rings. The van der Waals surface area contributed by atoms with Gasteiger partial charge in [0.15, 0.2) is 0 Å². The van der Waals surface area contributed by atoms with Gasteiger partial charge in [-0.2, -0.15) is 0 Å². The summed E-state index contributed by atoms with van der Waals surface area (Å²) in [6, 6.07) is 0. The molecule has 3 unspecified atom stereocenters. The Balaban J connectivity index is 2.72. The van der Waals surface area contributed by atoms with Gasteiger partial charge in [-0.25, -0.2) is 0 Å². The number of hydrogen-bond acceptors (Lipinski definition) is 5. The maximum absolute atomic E-state index is 10.7. The molecule has 1 heterocycles. The van der Waals surface area contributed by atoms with E-state index in [9.17, 15) is 4.79 Å². The number of methoxy groups -OCH3 is 1. The molecule has 6 heteroatoms. The van der Waals surface area contributed by atoms with E-state index < -0.39 is 11.9 Å². The van der Waals surface area contributed by atoms with Crippen LogP contribution in [-0.4, -0.2) is 61.1 Å². The van der Waals surface area contributed by atoms with Gasteiger partial charge in [0.2, 0.25) is 0 Å². The minimum absolute atomic E-state index is 0.0786. The Kier molecular flexibility index (Phi) is 4.83. The first-order valence-electron chi connectivity index (χ1n) is 4.23. The molecule has 0 radical (unpaired) electrons. The summed E-state index contributed by atoms with van der Waals surface area (Å²) in [6.45, 7) is 3.69. The molecular formula is C8H13O4STl. The van der Waals surface area contributed by atoms with E-state index in [-0.39, 0.29) is 11.5 Å². The molecule has 1 fully saturated rings. The van der Waals surface area contributed by atoms with E-state index in [0.29, 0.717) is 0 Å². The molecule has 0 aromatic heterocycles. The van der Waals surface area contributed by atoms with Gasteiger partial charge in [0.1, 0.15) is 0 Å². The number of aldehydes is 1. The van der Waals surface area contributed by atoms with Crippen LogP contribution < -0.4 is 0 Å². The molecule has 4 nitrogen and oxygen atoms in total. The number of rotatable bonds is 4. The van der Waals surface area contributed by atoms with Crippen LogP contribution >= 0.6 is 8.31 Å². The van der Waals surface area contributed by atoms with Crippen molar-refractivity contribution >= 4 is 38.9 Å². The van der Waals surface area contributed by atoms with Crippen LogP contribution in [0, 0.1) is 0 Å². The van der Waals surface area contributed by atoms with Crippen molar-refractivity contribution in [2.45, 2.75) is 37.3 Å². The summed E-state index contributed by atoms with van der Waals surface area (Å²) >= 11 is 0.745. The fraction of sp³-hybridized carbons (Fsp3) is 0.875. The third-order valence-electron chi connectivity index (χ3n) is 1.95. The summed E-state index contributed by atoms with van der Waals surface area (Å²) in [4.78, 5) is 10.7. The summed E-state index contributed by atoms with van der Waals surface area (Å²) < 4.78 is 16.3. The number of carbonyl (C=O) groups excluding carboxylic acids is 1. The van der Waals surface area contributed by atoms with Gasteiger partial charge in [-0.1, -0.05) is 0 Å². The molecule has 1 saturated heterocycles. The van der Waals surface area contributed by atoms with Crippen molar-refractivity contribution in [3.63, 3.8) is 0 Å². The van der Waals surface area contributed by atoms with Crippen molar-refractivity contribution in [1.82, 2.24) is 0 Å². The van der Waals surface area contributed by atoms with Gasteiger partial charge in [0, 0.05) is 0 Å². The van der Waals surface area contributed by atoms with Gasteiger partial charge in [0.25, 0.3) is 0 Å². The van der Waals surface area contributed by atoms with Crippen LogP contribution in [0.2, 0.25) is 0 Å². The van der Waals surface area contributed by atoms with Crippen molar-refractivity contribution < 1.29 is 19.0 Å². The van der Waals surface area contributed by atoms with Crippen LogP contribution in [0.1, 0.15) is 13.8 Å². The summed E-state index contributed by atoms with van der Waals surface area (Å²) in [5, 5.41) is 0. The van der Waals surface area contributed by atoms with Gasteiger partial charge in [-0.3, -0.25) is 0 Å². The molecule has 0 bridgehead atoms.